The van der Waals surface area contributed by atoms with E-state index in [1.165, 1.54) is 31.6 Å². The molecule has 3 aromatic rings. The quantitative estimate of drug-likeness (QED) is 0.616. The fourth-order valence-electron chi connectivity index (χ4n) is 3.56. The monoisotopic (exact) mass is 435 g/mol. The molecule has 1 aliphatic heterocycles. The molecule has 8 nitrogen and oxygen atoms in total. The van der Waals surface area contributed by atoms with Gasteiger partial charge < -0.3 is 15.0 Å². The van der Waals surface area contributed by atoms with Crippen LogP contribution in [0.5, 0.6) is 0 Å². The molecule has 0 radical (unpaired) electrons. The van der Waals surface area contributed by atoms with Crippen molar-refractivity contribution in [1.82, 2.24) is 20.3 Å². The summed E-state index contributed by atoms with van der Waals surface area (Å²) in [6.07, 6.45) is 5.96. The van der Waals surface area contributed by atoms with Crippen LogP contribution in [0.25, 0.3) is 11.3 Å². The normalized spacial score (nSPS) is 14.1. The number of halogens is 1. The summed E-state index contributed by atoms with van der Waals surface area (Å²) in [5.74, 6) is -0.365. The number of nitrogens with zero attached hydrogens (tertiary/aromatic N) is 4. The summed E-state index contributed by atoms with van der Waals surface area (Å²) < 4.78 is 18.0. The van der Waals surface area contributed by atoms with E-state index in [4.69, 9.17) is 0 Å². The Morgan fingerprint density at radius 3 is 2.50 bits per heavy atom. The van der Waals surface area contributed by atoms with Crippen LogP contribution in [0.15, 0.2) is 55.0 Å². The molecule has 0 spiro atoms. The maximum atomic E-state index is 13.4. The number of pyridine rings is 1. The van der Waals surface area contributed by atoms with Gasteiger partial charge >= 0.3 is 5.97 Å². The van der Waals surface area contributed by atoms with Gasteiger partial charge in [0, 0.05) is 30.9 Å². The lowest BCUT2D eigenvalue weighted by atomic mass is 10.0. The SMILES string of the molecule is COC(=O)c1cnc(N2CCC(NC(=O)c3ccc(-c4cccc(F)c4)nc3)CC2)cn1. The number of carbonyl (C=O) groups excluding carboxylic acids is 2. The lowest BCUT2D eigenvalue weighted by Crippen LogP contribution is -2.45. The van der Waals surface area contributed by atoms with E-state index in [1.54, 1.807) is 30.5 Å². The molecular weight excluding hydrogens is 413 g/mol. The minimum atomic E-state index is -0.524. The third-order valence-corrected chi connectivity index (χ3v) is 5.33. The van der Waals surface area contributed by atoms with Crippen molar-refractivity contribution in [3.05, 3.63) is 72.1 Å². The minimum absolute atomic E-state index is 0.0314. The first-order valence-electron chi connectivity index (χ1n) is 10.2. The number of esters is 1. The largest absolute Gasteiger partial charge is 0.464 e. The number of methoxy groups -OCH3 is 1. The van der Waals surface area contributed by atoms with Gasteiger partial charge in [0.1, 0.15) is 11.6 Å². The summed E-state index contributed by atoms with van der Waals surface area (Å²) in [5, 5.41) is 3.04. The fraction of sp³-hybridized carbons (Fsp3) is 0.261. The van der Waals surface area contributed by atoms with Gasteiger partial charge in [0.15, 0.2) is 5.69 Å². The van der Waals surface area contributed by atoms with E-state index < -0.39 is 5.97 Å². The highest BCUT2D eigenvalue weighted by Gasteiger charge is 2.22. The third kappa shape index (κ3) is 4.88. The van der Waals surface area contributed by atoms with Crippen molar-refractivity contribution in [2.45, 2.75) is 18.9 Å². The van der Waals surface area contributed by atoms with Crippen LogP contribution in [0, 0.1) is 5.82 Å². The number of ether oxygens (including phenoxy) is 1. The van der Waals surface area contributed by atoms with Crippen molar-refractivity contribution < 1.29 is 18.7 Å². The van der Waals surface area contributed by atoms with E-state index >= 15 is 0 Å². The van der Waals surface area contributed by atoms with E-state index in [-0.39, 0.29) is 23.5 Å². The first-order valence-corrected chi connectivity index (χ1v) is 10.2. The Labute approximate surface area is 184 Å². The number of aromatic nitrogens is 3. The van der Waals surface area contributed by atoms with Gasteiger partial charge in [-0.15, -0.1) is 0 Å². The zero-order valence-electron chi connectivity index (χ0n) is 17.5. The van der Waals surface area contributed by atoms with Crippen molar-refractivity contribution >= 4 is 17.7 Å². The van der Waals surface area contributed by atoms with E-state index in [9.17, 15) is 14.0 Å². The summed E-state index contributed by atoms with van der Waals surface area (Å²) in [6.45, 7) is 1.40. The molecule has 0 aliphatic carbocycles. The van der Waals surface area contributed by atoms with Crippen molar-refractivity contribution in [2.75, 3.05) is 25.1 Å². The van der Waals surface area contributed by atoms with Crippen molar-refractivity contribution in [2.24, 2.45) is 0 Å². The topological polar surface area (TPSA) is 97.3 Å². The lowest BCUT2D eigenvalue weighted by Gasteiger charge is -2.33. The Morgan fingerprint density at radius 1 is 1.06 bits per heavy atom. The molecule has 1 fully saturated rings. The second-order valence-electron chi connectivity index (χ2n) is 7.43. The minimum Gasteiger partial charge on any atom is -0.464 e. The second-order valence-corrected chi connectivity index (χ2v) is 7.43. The van der Waals surface area contributed by atoms with Crippen LogP contribution in [-0.4, -0.2) is 53.1 Å². The molecule has 164 valence electrons. The summed E-state index contributed by atoms with van der Waals surface area (Å²) in [4.78, 5) is 38.8. The molecule has 9 heteroatoms. The van der Waals surface area contributed by atoms with Crippen LogP contribution >= 0.6 is 0 Å². The zero-order valence-corrected chi connectivity index (χ0v) is 17.5. The van der Waals surface area contributed by atoms with Gasteiger partial charge in [-0.2, -0.15) is 0 Å². The number of rotatable bonds is 5. The molecule has 2 aromatic heterocycles. The second kappa shape index (κ2) is 9.51. The molecule has 0 bridgehead atoms. The van der Waals surface area contributed by atoms with Gasteiger partial charge in [-0.25, -0.2) is 19.2 Å². The molecule has 1 saturated heterocycles. The molecule has 0 saturated carbocycles. The average molecular weight is 435 g/mol. The molecule has 3 heterocycles. The average Bonchev–Trinajstić information content (AvgIpc) is 2.84. The Morgan fingerprint density at radius 2 is 1.88 bits per heavy atom. The number of anilines is 1. The Balaban J connectivity index is 1.31. The van der Waals surface area contributed by atoms with Crippen LogP contribution < -0.4 is 10.2 Å². The van der Waals surface area contributed by atoms with Crippen molar-refractivity contribution in [1.29, 1.82) is 0 Å². The Bertz CT molecular complexity index is 1100. The van der Waals surface area contributed by atoms with Gasteiger partial charge in [-0.1, -0.05) is 12.1 Å². The van der Waals surface area contributed by atoms with Crippen LogP contribution in [0.4, 0.5) is 10.2 Å². The standard InChI is InChI=1S/C23H22FN5O3/c1-32-23(31)20-13-27-21(14-26-20)29-9-7-18(8-10-29)28-22(30)16-5-6-19(25-12-16)15-3-2-4-17(24)11-15/h2-6,11-14,18H,7-10H2,1H3,(H,28,30). The van der Waals surface area contributed by atoms with Gasteiger partial charge in [0.25, 0.3) is 5.91 Å². The maximum Gasteiger partial charge on any atom is 0.358 e. The lowest BCUT2D eigenvalue weighted by molar-refractivity contribution is 0.0593. The summed E-state index contributed by atoms with van der Waals surface area (Å²) >= 11 is 0. The van der Waals surface area contributed by atoms with Crippen molar-refractivity contribution in [3.8, 4) is 11.3 Å². The van der Waals surface area contributed by atoms with E-state index in [1.807, 2.05) is 0 Å². The van der Waals surface area contributed by atoms with Gasteiger partial charge in [0.05, 0.1) is 30.8 Å². The highest BCUT2D eigenvalue weighted by molar-refractivity contribution is 5.94. The number of hydrogen-bond donors (Lipinski definition) is 1. The predicted octanol–water partition coefficient (Wildman–Crippen LogP) is 2.86. The highest BCUT2D eigenvalue weighted by Crippen LogP contribution is 2.19. The molecule has 1 amide bonds. The highest BCUT2D eigenvalue weighted by atomic mass is 19.1. The van der Waals surface area contributed by atoms with Crippen LogP contribution in [-0.2, 0) is 4.74 Å². The van der Waals surface area contributed by atoms with E-state index in [0.29, 0.717) is 35.7 Å². The molecule has 1 aromatic carbocycles. The number of carbonyl (C=O) groups is 2. The number of nitrogens with one attached hydrogen (secondary N) is 1. The molecule has 32 heavy (non-hydrogen) atoms. The van der Waals surface area contributed by atoms with Crippen molar-refractivity contribution in [3.63, 3.8) is 0 Å². The summed E-state index contributed by atoms with van der Waals surface area (Å²) in [6, 6.07) is 9.61. The van der Waals surface area contributed by atoms with Gasteiger partial charge in [-0.05, 0) is 37.1 Å². The number of piperidine rings is 1. The molecule has 0 unspecified atom stereocenters. The van der Waals surface area contributed by atoms with Gasteiger partial charge in [0.2, 0.25) is 0 Å². The smallest absolute Gasteiger partial charge is 0.358 e. The molecule has 1 aliphatic rings. The summed E-state index contributed by atoms with van der Waals surface area (Å²) in [5.41, 5.74) is 1.88. The first kappa shape index (κ1) is 21.4. The fourth-order valence-corrected chi connectivity index (χ4v) is 3.56. The number of amides is 1. The zero-order chi connectivity index (χ0) is 22.5. The Hall–Kier alpha value is -3.88. The van der Waals surface area contributed by atoms with Crippen LogP contribution in [0.3, 0.4) is 0 Å². The van der Waals surface area contributed by atoms with E-state index in [0.717, 1.165) is 12.8 Å². The Kier molecular flexibility index (Phi) is 6.34. The molecular formula is C23H22FN5O3. The predicted molar refractivity (Wildman–Crippen MR) is 116 cm³/mol. The van der Waals surface area contributed by atoms with E-state index in [2.05, 4.69) is 29.9 Å². The summed E-state index contributed by atoms with van der Waals surface area (Å²) in [7, 11) is 1.30. The van der Waals surface area contributed by atoms with Crippen LogP contribution in [0.1, 0.15) is 33.7 Å². The molecule has 4 rings (SSSR count). The molecule has 1 N–H and O–H groups in total. The van der Waals surface area contributed by atoms with Crippen LogP contribution in [0.2, 0.25) is 0 Å². The van der Waals surface area contributed by atoms with Gasteiger partial charge in [-0.3, -0.25) is 9.78 Å². The third-order valence-electron chi connectivity index (χ3n) is 5.33. The number of benzene rings is 1. The number of hydrogen-bond acceptors (Lipinski definition) is 7. The maximum absolute atomic E-state index is 13.4. The first-order chi connectivity index (χ1) is 15.5. The molecule has 0 atom stereocenters.